The van der Waals surface area contributed by atoms with Gasteiger partial charge in [-0.25, -0.2) is 13.1 Å². The van der Waals surface area contributed by atoms with Gasteiger partial charge in [0.1, 0.15) is 10.8 Å². The van der Waals surface area contributed by atoms with Crippen LogP contribution in [0.5, 0.6) is 0 Å². The Hall–Kier alpha value is -0.750. The van der Waals surface area contributed by atoms with Gasteiger partial charge in [0, 0.05) is 0 Å². The van der Waals surface area contributed by atoms with Crippen LogP contribution in [0.4, 0.5) is 5.82 Å². The molecular formula is C7H10ClN3O2S. The third-order valence-corrected chi connectivity index (χ3v) is 4.38. The highest BCUT2D eigenvalue weighted by Gasteiger charge is 2.30. The van der Waals surface area contributed by atoms with Crippen LogP contribution in [0.15, 0.2) is 6.20 Å². The lowest BCUT2D eigenvalue weighted by molar-refractivity contribution is 0.507. The molecule has 0 saturated carbocycles. The smallest absolute Gasteiger partial charge is 0.152 e. The molecule has 0 spiro atoms. The molecule has 2 N–H and O–H groups in total. The van der Waals surface area contributed by atoms with E-state index in [4.69, 9.17) is 17.3 Å². The second-order valence-electron chi connectivity index (χ2n) is 3.38. The van der Waals surface area contributed by atoms with Crippen molar-refractivity contribution < 1.29 is 8.42 Å². The Morgan fingerprint density at radius 2 is 2.36 bits per heavy atom. The van der Waals surface area contributed by atoms with Crippen LogP contribution in [0.2, 0.25) is 5.02 Å². The maximum Gasteiger partial charge on any atom is 0.152 e. The molecule has 0 aromatic carbocycles. The Bertz CT molecular complexity index is 454. The van der Waals surface area contributed by atoms with Crippen molar-refractivity contribution in [2.75, 3.05) is 17.2 Å². The van der Waals surface area contributed by atoms with E-state index < -0.39 is 9.84 Å². The molecule has 14 heavy (non-hydrogen) atoms. The van der Waals surface area contributed by atoms with Crippen LogP contribution < -0.4 is 5.73 Å². The first-order valence-electron chi connectivity index (χ1n) is 4.18. The standard InChI is InChI=1S/C7H10ClN3O2S/c8-6-3-10-11(7(6)9)5-1-2-14(12,13)4-5/h3,5H,1-2,4,9H2. The summed E-state index contributed by atoms with van der Waals surface area (Å²) < 4.78 is 23.9. The molecule has 78 valence electrons. The fourth-order valence-electron chi connectivity index (χ4n) is 1.61. The van der Waals surface area contributed by atoms with E-state index in [1.165, 1.54) is 10.9 Å². The molecule has 0 bridgehead atoms. The maximum atomic E-state index is 11.2. The van der Waals surface area contributed by atoms with Crippen LogP contribution in [0.1, 0.15) is 12.5 Å². The predicted octanol–water partition coefficient (Wildman–Crippen LogP) is 0.478. The molecule has 1 saturated heterocycles. The Morgan fingerprint density at radius 3 is 2.79 bits per heavy atom. The van der Waals surface area contributed by atoms with Crippen molar-refractivity contribution in [1.82, 2.24) is 9.78 Å². The maximum absolute atomic E-state index is 11.2. The molecule has 2 rings (SSSR count). The van der Waals surface area contributed by atoms with Crippen molar-refractivity contribution in [2.24, 2.45) is 0 Å². The van der Waals surface area contributed by atoms with E-state index >= 15 is 0 Å². The van der Waals surface area contributed by atoms with E-state index in [-0.39, 0.29) is 17.5 Å². The van der Waals surface area contributed by atoms with Crippen LogP contribution in [-0.2, 0) is 9.84 Å². The number of anilines is 1. The van der Waals surface area contributed by atoms with E-state index in [0.29, 0.717) is 17.3 Å². The van der Waals surface area contributed by atoms with E-state index in [1.54, 1.807) is 0 Å². The van der Waals surface area contributed by atoms with Gasteiger partial charge in [-0.15, -0.1) is 0 Å². The average molecular weight is 236 g/mol. The zero-order valence-electron chi connectivity index (χ0n) is 7.35. The molecule has 1 aliphatic rings. The Kier molecular flexibility index (Phi) is 2.19. The van der Waals surface area contributed by atoms with Gasteiger partial charge < -0.3 is 5.73 Å². The summed E-state index contributed by atoms with van der Waals surface area (Å²) in [6, 6.07) is -0.160. The van der Waals surface area contributed by atoms with E-state index in [0.717, 1.165) is 0 Å². The van der Waals surface area contributed by atoms with Gasteiger partial charge in [0.25, 0.3) is 0 Å². The second-order valence-corrected chi connectivity index (χ2v) is 6.02. The summed E-state index contributed by atoms with van der Waals surface area (Å²) in [6.45, 7) is 0. The number of hydrogen-bond acceptors (Lipinski definition) is 4. The van der Waals surface area contributed by atoms with Crippen LogP contribution in [0.3, 0.4) is 0 Å². The molecule has 1 aliphatic heterocycles. The molecule has 0 aliphatic carbocycles. The summed E-state index contributed by atoms with van der Waals surface area (Å²) in [6.07, 6.45) is 1.99. The number of aromatic nitrogens is 2. The summed E-state index contributed by atoms with van der Waals surface area (Å²) in [5, 5.41) is 4.33. The largest absolute Gasteiger partial charge is 0.383 e. The fourth-order valence-corrected chi connectivity index (χ4v) is 3.43. The number of sulfone groups is 1. The van der Waals surface area contributed by atoms with E-state index in [1.807, 2.05) is 0 Å². The number of nitrogens with two attached hydrogens (primary N) is 1. The monoisotopic (exact) mass is 235 g/mol. The van der Waals surface area contributed by atoms with Gasteiger partial charge in [0.05, 0.1) is 23.7 Å². The highest BCUT2D eigenvalue weighted by atomic mass is 35.5. The second kappa shape index (κ2) is 3.13. The SMILES string of the molecule is Nc1c(Cl)cnn1C1CCS(=O)(=O)C1. The first-order chi connectivity index (χ1) is 6.49. The molecule has 1 fully saturated rings. The summed E-state index contributed by atoms with van der Waals surface area (Å²) in [4.78, 5) is 0. The van der Waals surface area contributed by atoms with Gasteiger partial charge >= 0.3 is 0 Å². The van der Waals surface area contributed by atoms with Gasteiger partial charge in [0.15, 0.2) is 9.84 Å². The molecule has 1 unspecified atom stereocenters. The van der Waals surface area contributed by atoms with Gasteiger partial charge in [-0.3, -0.25) is 0 Å². The van der Waals surface area contributed by atoms with Crippen molar-refractivity contribution in [3.8, 4) is 0 Å². The van der Waals surface area contributed by atoms with Crippen LogP contribution in [0.25, 0.3) is 0 Å². The van der Waals surface area contributed by atoms with Gasteiger partial charge in [-0.1, -0.05) is 11.6 Å². The molecule has 0 amide bonds. The number of hydrogen-bond donors (Lipinski definition) is 1. The zero-order chi connectivity index (χ0) is 10.3. The van der Waals surface area contributed by atoms with Gasteiger partial charge in [0.2, 0.25) is 0 Å². The Labute approximate surface area is 86.8 Å². The average Bonchev–Trinajstić information content (AvgIpc) is 2.59. The van der Waals surface area contributed by atoms with Crippen LogP contribution in [0, 0.1) is 0 Å². The fraction of sp³-hybridized carbons (Fsp3) is 0.571. The normalized spacial score (nSPS) is 25.4. The lowest BCUT2D eigenvalue weighted by Gasteiger charge is -2.09. The van der Waals surface area contributed by atoms with Gasteiger partial charge in [-0.05, 0) is 6.42 Å². The van der Waals surface area contributed by atoms with E-state index in [2.05, 4.69) is 5.10 Å². The molecule has 5 nitrogen and oxygen atoms in total. The van der Waals surface area contributed by atoms with Crippen LogP contribution >= 0.6 is 11.6 Å². The summed E-state index contributed by atoms with van der Waals surface area (Å²) in [5.74, 6) is 0.651. The molecule has 1 aromatic rings. The summed E-state index contributed by atoms with van der Waals surface area (Å²) in [5.41, 5.74) is 5.64. The number of nitrogens with zero attached hydrogens (tertiary/aromatic N) is 2. The minimum atomic E-state index is -2.91. The highest BCUT2D eigenvalue weighted by molar-refractivity contribution is 7.91. The van der Waals surface area contributed by atoms with Gasteiger partial charge in [-0.2, -0.15) is 5.10 Å². The molecule has 1 aromatic heterocycles. The van der Waals surface area contributed by atoms with Crippen molar-refractivity contribution >= 4 is 27.3 Å². The van der Waals surface area contributed by atoms with Crippen molar-refractivity contribution in [3.05, 3.63) is 11.2 Å². The lowest BCUT2D eigenvalue weighted by atomic mass is 10.3. The quantitative estimate of drug-likeness (QED) is 0.768. The minimum absolute atomic E-state index is 0.106. The lowest BCUT2D eigenvalue weighted by Crippen LogP contribution is -2.14. The van der Waals surface area contributed by atoms with Crippen molar-refractivity contribution in [1.29, 1.82) is 0 Å². The van der Waals surface area contributed by atoms with Crippen molar-refractivity contribution in [2.45, 2.75) is 12.5 Å². The zero-order valence-corrected chi connectivity index (χ0v) is 8.92. The first kappa shape index (κ1) is 9.79. The minimum Gasteiger partial charge on any atom is -0.383 e. The number of halogens is 1. The summed E-state index contributed by atoms with van der Waals surface area (Å²) in [7, 11) is -2.91. The number of nitrogen functional groups attached to an aromatic ring is 1. The molecule has 0 radical (unpaired) electrons. The number of rotatable bonds is 1. The molecular weight excluding hydrogens is 226 g/mol. The summed E-state index contributed by atoms with van der Waals surface area (Å²) >= 11 is 5.72. The topological polar surface area (TPSA) is 78.0 Å². The Balaban J connectivity index is 2.30. The molecule has 7 heteroatoms. The molecule has 2 heterocycles. The van der Waals surface area contributed by atoms with E-state index in [9.17, 15) is 8.42 Å². The Morgan fingerprint density at radius 1 is 1.64 bits per heavy atom. The third-order valence-electron chi connectivity index (χ3n) is 2.34. The van der Waals surface area contributed by atoms with Crippen LogP contribution in [-0.4, -0.2) is 29.7 Å². The third kappa shape index (κ3) is 1.59. The predicted molar refractivity (Wildman–Crippen MR) is 54.0 cm³/mol. The van der Waals surface area contributed by atoms with Crippen molar-refractivity contribution in [3.63, 3.8) is 0 Å². The molecule has 1 atom stereocenters. The highest BCUT2D eigenvalue weighted by Crippen LogP contribution is 2.28. The first-order valence-corrected chi connectivity index (χ1v) is 6.38.